The third-order valence-electron chi connectivity index (χ3n) is 2.89. The summed E-state index contributed by atoms with van der Waals surface area (Å²) in [6, 6.07) is 15.0. The zero-order chi connectivity index (χ0) is 16.7. The molecule has 0 aliphatic rings. The first kappa shape index (κ1) is 16.4. The number of nitrogens with one attached hydrogen (secondary N) is 1. The summed E-state index contributed by atoms with van der Waals surface area (Å²) in [5.41, 5.74) is 0. The molecule has 6 nitrogen and oxygen atoms in total. The molecular weight excluding hydrogens is 298 g/mol. The van der Waals surface area contributed by atoms with Crippen LogP contribution in [-0.4, -0.2) is 24.5 Å². The van der Waals surface area contributed by atoms with Crippen molar-refractivity contribution in [2.45, 2.75) is 13.0 Å². The van der Waals surface area contributed by atoms with Crippen LogP contribution in [0.1, 0.15) is 6.92 Å². The lowest BCUT2D eigenvalue weighted by molar-refractivity contribution is -0.307. The van der Waals surface area contributed by atoms with E-state index in [2.05, 4.69) is 5.32 Å². The zero-order valence-electron chi connectivity index (χ0n) is 12.5. The Morgan fingerprint density at radius 2 is 1.70 bits per heavy atom. The van der Waals surface area contributed by atoms with Gasteiger partial charge in [0.1, 0.15) is 17.2 Å². The third-order valence-corrected chi connectivity index (χ3v) is 2.89. The first-order chi connectivity index (χ1) is 11.0. The molecule has 0 saturated carbocycles. The van der Waals surface area contributed by atoms with Gasteiger partial charge in [0.15, 0.2) is 6.61 Å². The number of hydrogen-bond acceptors (Lipinski definition) is 5. The first-order valence-corrected chi connectivity index (χ1v) is 7.00. The van der Waals surface area contributed by atoms with E-state index in [0.29, 0.717) is 17.2 Å². The lowest BCUT2D eigenvalue weighted by atomic mass is 10.3. The second-order valence-corrected chi connectivity index (χ2v) is 4.79. The van der Waals surface area contributed by atoms with Crippen LogP contribution in [0, 0.1) is 0 Å². The van der Waals surface area contributed by atoms with Crippen LogP contribution in [0.4, 0.5) is 0 Å². The Morgan fingerprint density at radius 1 is 1.04 bits per heavy atom. The van der Waals surface area contributed by atoms with E-state index < -0.39 is 17.9 Å². The van der Waals surface area contributed by atoms with Gasteiger partial charge in [0.2, 0.25) is 0 Å². The first-order valence-electron chi connectivity index (χ1n) is 7.00. The normalized spacial score (nSPS) is 11.3. The molecule has 120 valence electrons. The highest BCUT2D eigenvalue weighted by Crippen LogP contribution is 2.24. The van der Waals surface area contributed by atoms with E-state index in [1.54, 1.807) is 24.3 Å². The van der Waals surface area contributed by atoms with Gasteiger partial charge in [-0.25, -0.2) is 0 Å². The number of hydrogen-bond donors (Lipinski definition) is 1. The molecule has 0 aromatic heterocycles. The molecule has 2 aromatic carbocycles. The average molecular weight is 314 g/mol. The molecule has 0 spiro atoms. The minimum absolute atomic E-state index is 0.299. The highest BCUT2D eigenvalue weighted by Gasteiger charge is 2.09. The van der Waals surface area contributed by atoms with Crippen molar-refractivity contribution < 1.29 is 24.2 Å². The lowest BCUT2D eigenvalue weighted by Crippen LogP contribution is -2.47. The monoisotopic (exact) mass is 314 g/mol. The van der Waals surface area contributed by atoms with Gasteiger partial charge in [0.05, 0.1) is 12.0 Å². The summed E-state index contributed by atoms with van der Waals surface area (Å²) in [6.45, 7) is 1.02. The molecule has 1 atom stereocenters. The van der Waals surface area contributed by atoms with Crippen molar-refractivity contribution >= 4 is 11.9 Å². The molecule has 2 rings (SSSR count). The van der Waals surface area contributed by atoms with Crippen molar-refractivity contribution in [2.75, 3.05) is 6.61 Å². The number of benzene rings is 2. The van der Waals surface area contributed by atoms with Gasteiger partial charge in [-0.05, 0) is 31.2 Å². The summed E-state index contributed by atoms with van der Waals surface area (Å²) in [7, 11) is 0. The fraction of sp³-hybridized carbons (Fsp3) is 0.176. The van der Waals surface area contributed by atoms with Crippen molar-refractivity contribution in [3.05, 3.63) is 54.6 Å². The van der Waals surface area contributed by atoms with Crippen LogP contribution in [0.3, 0.4) is 0 Å². The predicted octanol–water partition coefficient (Wildman–Crippen LogP) is 1.11. The Balaban J connectivity index is 1.90. The fourth-order valence-corrected chi connectivity index (χ4v) is 1.74. The Hall–Kier alpha value is -3.02. The number of aliphatic carboxylic acids is 1. The molecule has 23 heavy (non-hydrogen) atoms. The molecule has 0 aliphatic carbocycles. The Labute approximate surface area is 133 Å². The minimum atomic E-state index is -1.35. The summed E-state index contributed by atoms with van der Waals surface area (Å²) >= 11 is 0. The van der Waals surface area contributed by atoms with Crippen molar-refractivity contribution in [2.24, 2.45) is 0 Å². The highest BCUT2D eigenvalue weighted by atomic mass is 16.5. The topological polar surface area (TPSA) is 87.7 Å². The molecule has 0 saturated heterocycles. The summed E-state index contributed by atoms with van der Waals surface area (Å²) in [5, 5.41) is 12.8. The fourth-order valence-electron chi connectivity index (χ4n) is 1.74. The van der Waals surface area contributed by atoms with E-state index in [-0.39, 0.29) is 6.61 Å². The maximum atomic E-state index is 11.5. The smallest absolute Gasteiger partial charge is 0.258 e. The van der Waals surface area contributed by atoms with E-state index in [4.69, 9.17) is 9.47 Å². The second-order valence-electron chi connectivity index (χ2n) is 4.79. The van der Waals surface area contributed by atoms with Crippen LogP contribution >= 0.6 is 0 Å². The molecule has 1 amide bonds. The standard InChI is InChI=1S/C17H17NO5/c1-12(17(20)21)18-16(19)11-22-14-8-5-9-15(10-14)23-13-6-3-2-4-7-13/h2-10,12H,11H2,1H3,(H,18,19)(H,20,21)/p-1/t12-/m1/s1. The Bertz CT molecular complexity index is 672. The number of amides is 1. The van der Waals surface area contributed by atoms with Crippen LogP contribution in [0.5, 0.6) is 17.2 Å². The van der Waals surface area contributed by atoms with Gasteiger partial charge in [-0.2, -0.15) is 0 Å². The van der Waals surface area contributed by atoms with Crippen LogP contribution < -0.4 is 19.9 Å². The molecule has 0 aliphatic heterocycles. The lowest BCUT2D eigenvalue weighted by Gasteiger charge is -2.15. The van der Waals surface area contributed by atoms with E-state index >= 15 is 0 Å². The van der Waals surface area contributed by atoms with Crippen molar-refractivity contribution in [3.8, 4) is 17.2 Å². The minimum Gasteiger partial charge on any atom is -0.548 e. The average Bonchev–Trinajstić information content (AvgIpc) is 2.54. The summed E-state index contributed by atoms with van der Waals surface area (Å²) in [4.78, 5) is 22.1. The number of ether oxygens (including phenoxy) is 2. The maximum Gasteiger partial charge on any atom is 0.258 e. The SMILES string of the molecule is C[C@@H](NC(=O)COc1cccc(Oc2ccccc2)c1)C(=O)[O-]. The second kappa shape index (κ2) is 7.84. The quantitative estimate of drug-likeness (QED) is 0.827. The number of para-hydroxylation sites is 1. The van der Waals surface area contributed by atoms with Crippen molar-refractivity contribution in [1.29, 1.82) is 0 Å². The van der Waals surface area contributed by atoms with E-state index in [0.717, 1.165) is 0 Å². The molecular formula is C17H16NO5-. The summed E-state index contributed by atoms with van der Waals surface area (Å²) in [5.74, 6) is -0.204. The van der Waals surface area contributed by atoms with Crippen LogP contribution in [0.2, 0.25) is 0 Å². The largest absolute Gasteiger partial charge is 0.548 e. The highest BCUT2D eigenvalue weighted by molar-refractivity contribution is 5.83. The maximum absolute atomic E-state index is 11.5. The Morgan fingerprint density at radius 3 is 2.39 bits per heavy atom. The van der Waals surface area contributed by atoms with Gasteiger partial charge < -0.3 is 24.7 Å². The van der Waals surface area contributed by atoms with Gasteiger partial charge in [-0.3, -0.25) is 4.79 Å². The van der Waals surface area contributed by atoms with E-state index in [1.807, 2.05) is 30.3 Å². The summed E-state index contributed by atoms with van der Waals surface area (Å²) in [6.07, 6.45) is 0. The number of carboxylic acid groups (broad SMARTS) is 1. The number of carbonyl (C=O) groups is 2. The number of carboxylic acids is 1. The molecule has 0 unspecified atom stereocenters. The van der Waals surface area contributed by atoms with E-state index in [1.165, 1.54) is 6.92 Å². The van der Waals surface area contributed by atoms with Crippen LogP contribution in [0.15, 0.2) is 54.6 Å². The van der Waals surface area contributed by atoms with Crippen LogP contribution in [-0.2, 0) is 9.59 Å². The van der Waals surface area contributed by atoms with Crippen molar-refractivity contribution in [3.63, 3.8) is 0 Å². The molecule has 6 heteroatoms. The van der Waals surface area contributed by atoms with Gasteiger partial charge in [-0.15, -0.1) is 0 Å². The predicted molar refractivity (Wildman–Crippen MR) is 81.1 cm³/mol. The number of carbonyl (C=O) groups excluding carboxylic acids is 2. The molecule has 2 aromatic rings. The molecule has 0 bridgehead atoms. The van der Waals surface area contributed by atoms with Crippen molar-refractivity contribution in [1.82, 2.24) is 5.32 Å². The Kier molecular flexibility index (Phi) is 5.57. The van der Waals surface area contributed by atoms with E-state index in [9.17, 15) is 14.7 Å². The number of rotatable bonds is 7. The third kappa shape index (κ3) is 5.35. The van der Waals surface area contributed by atoms with Gasteiger partial charge >= 0.3 is 0 Å². The van der Waals surface area contributed by atoms with Gasteiger partial charge in [-0.1, -0.05) is 24.3 Å². The summed E-state index contributed by atoms with van der Waals surface area (Å²) < 4.78 is 11.0. The van der Waals surface area contributed by atoms with Gasteiger partial charge in [0.25, 0.3) is 5.91 Å². The molecule has 0 heterocycles. The molecule has 0 radical (unpaired) electrons. The van der Waals surface area contributed by atoms with Crippen LogP contribution in [0.25, 0.3) is 0 Å². The molecule has 0 fully saturated rings. The van der Waals surface area contributed by atoms with Gasteiger partial charge in [0, 0.05) is 6.07 Å². The molecule has 1 N–H and O–H groups in total. The zero-order valence-corrected chi connectivity index (χ0v) is 12.5.